The van der Waals surface area contributed by atoms with Crippen LogP contribution in [-0.4, -0.2) is 48.1 Å². The molecule has 3 heterocycles. The number of hydrogen-bond donors (Lipinski definition) is 2. The van der Waals surface area contributed by atoms with Crippen molar-refractivity contribution in [2.45, 2.75) is 6.54 Å². The summed E-state index contributed by atoms with van der Waals surface area (Å²) < 4.78 is 8.76. The molecule has 0 aliphatic rings. The van der Waals surface area contributed by atoms with Crippen molar-refractivity contribution < 1.29 is 9.53 Å². The predicted octanol–water partition coefficient (Wildman–Crippen LogP) is -0.0173. The highest BCUT2D eigenvalue weighted by Crippen LogP contribution is 2.22. The quantitative estimate of drug-likeness (QED) is 0.322. The first-order valence-corrected chi connectivity index (χ1v) is 9.51. The Morgan fingerprint density at radius 2 is 1.97 bits per heavy atom. The summed E-state index contributed by atoms with van der Waals surface area (Å²) in [5.74, 6) is 0.267. The molecule has 0 radical (unpaired) electrons. The van der Waals surface area contributed by atoms with E-state index in [0.717, 1.165) is 21.6 Å². The standard InChI is InChI=1S/C20H20N8O4/c1-26-18-17(19(30)27(2)20(26)31)28(11-21-18)10-15(29)24-22-8-13-9-23-25-16(13)12-4-6-14(32-3)7-5-12/h4-9,11H,10H2,1-3H3,(H,23,25)(H,24,29). The van der Waals surface area contributed by atoms with Crippen LogP contribution in [0.3, 0.4) is 0 Å². The van der Waals surface area contributed by atoms with Crippen molar-refractivity contribution in [1.82, 2.24) is 34.3 Å². The van der Waals surface area contributed by atoms with Crippen LogP contribution in [-0.2, 0) is 25.4 Å². The maximum Gasteiger partial charge on any atom is 0.332 e. The fourth-order valence-electron chi connectivity index (χ4n) is 3.26. The minimum Gasteiger partial charge on any atom is -0.497 e. The molecule has 1 amide bonds. The van der Waals surface area contributed by atoms with Crippen LogP contribution < -0.4 is 21.4 Å². The number of fused-ring (bicyclic) bond motifs is 1. The second kappa shape index (κ2) is 8.34. The van der Waals surface area contributed by atoms with Crippen molar-refractivity contribution in [2.75, 3.05) is 7.11 Å². The molecule has 1 aromatic carbocycles. The molecule has 4 rings (SSSR count). The summed E-state index contributed by atoms with van der Waals surface area (Å²) in [6.45, 7) is -0.196. The van der Waals surface area contributed by atoms with Crippen LogP contribution in [0.25, 0.3) is 22.4 Å². The SMILES string of the molecule is COc1ccc(-c2[nH]ncc2C=NNC(=O)Cn2cnc3c2c(=O)n(C)c(=O)n3C)cc1. The fourth-order valence-corrected chi connectivity index (χ4v) is 3.26. The second-order valence-electron chi connectivity index (χ2n) is 6.97. The average Bonchev–Trinajstić information content (AvgIpc) is 3.43. The summed E-state index contributed by atoms with van der Waals surface area (Å²) in [4.78, 5) is 40.9. The smallest absolute Gasteiger partial charge is 0.332 e. The minimum atomic E-state index is -0.528. The molecule has 164 valence electrons. The molecule has 0 unspecified atom stereocenters. The fraction of sp³-hybridized carbons (Fsp3) is 0.200. The van der Waals surface area contributed by atoms with Gasteiger partial charge in [-0.15, -0.1) is 0 Å². The molecule has 0 saturated heterocycles. The number of H-pyrrole nitrogens is 1. The van der Waals surface area contributed by atoms with Gasteiger partial charge in [-0.1, -0.05) is 0 Å². The van der Waals surface area contributed by atoms with Crippen molar-refractivity contribution >= 4 is 23.3 Å². The van der Waals surface area contributed by atoms with Gasteiger partial charge >= 0.3 is 5.69 Å². The Morgan fingerprint density at radius 3 is 2.69 bits per heavy atom. The molecule has 0 bridgehead atoms. The molecule has 3 aromatic heterocycles. The number of hydrogen-bond acceptors (Lipinski definition) is 7. The summed E-state index contributed by atoms with van der Waals surface area (Å²) in [5, 5.41) is 10.9. The van der Waals surface area contributed by atoms with Crippen molar-refractivity contribution in [2.24, 2.45) is 19.2 Å². The topological polar surface area (TPSA) is 141 Å². The lowest BCUT2D eigenvalue weighted by Crippen LogP contribution is -2.38. The highest BCUT2D eigenvalue weighted by molar-refractivity contribution is 5.89. The highest BCUT2D eigenvalue weighted by Gasteiger charge is 2.15. The van der Waals surface area contributed by atoms with Crippen LogP contribution in [0.5, 0.6) is 5.75 Å². The number of carbonyl (C=O) groups excluding carboxylic acids is 1. The number of amides is 1. The summed E-state index contributed by atoms with van der Waals surface area (Å²) in [7, 11) is 4.48. The van der Waals surface area contributed by atoms with Crippen molar-refractivity contribution in [3.63, 3.8) is 0 Å². The van der Waals surface area contributed by atoms with Crippen LogP contribution in [0.2, 0.25) is 0 Å². The lowest BCUT2D eigenvalue weighted by atomic mass is 10.1. The van der Waals surface area contributed by atoms with Gasteiger partial charge in [-0.2, -0.15) is 10.2 Å². The van der Waals surface area contributed by atoms with Gasteiger partial charge in [0.2, 0.25) is 0 Å². The van der Waals surface area contributed by atoms with Crippen molar-refractivity contribution in [3.8, 4) is 17.0 Å². The maximum atomic E-state index is 12.5. The van der Waals surface area contributed by atoms with E-state index in [1.807, 2.05) is 24.3 Å². The summed E-state index contributed by atoms with van der Waals surface area (Å²) >= 11 is 0. The van der Waals surface area contributed by atoms with E-state index in [4.69, 9.17) is 4.74 Å². The van der Waals surface area contributed by atoms with Gasteiger partial charge in [-0.3, -0.25) is 23.8 Å². The molecular weight excluding hydrogens is 416 g/mol. The number of hydrazone groups is 1. The second-order valence-corrected chi connectivity index (χ2v) is 6.97. The molecule has 12 nitrogen and oxygen atoms in total. The first-order chi connectivity index (χ1) is 15.4. The third-order valence-electron chi connectivity index (χ3n) is 4.97. The van der Waals surface area contributed by atoms with Gasteiger partial charge in [0.25, 0.3) is 11.5 Å². The van der Waals surface area contributed by atoms with Gasteiger partial charge in [0.1, 0.15) is 12.3 Å². The van der Waals surface area contributed by atoms with E-state index in [1.54, 1.807) is 13.3 Å². The molecule has 0 atom stereocenters. The zero-order valence-corrected chi connectivity index (χ0v) is 17.6. The van der Waals surface area contributed by atoms with E-state index < -0.39 is 17.2 Å². The molecule has 0 spiro atoms. The number of aromatic nitrogens is 6. The zero-order valence-electron chi connectivity index (χ0n) is 17.6. The zero-order chi connectivity index (χ0) is 22.8. The predicted molar refractivity (Wildman–Crippen MR) is 117 cm³/mol. The van der Waals surface area contributed by atoms with Crippen LogP contribution in [0, 0.1) is 0 Å². The van der Waals surface area contributed by atoms with Crippen molar-refractivity contribution in [1.29, 1.82) is 0 Å². The number of benzene rings is 1. The lowest BCUT2D eigenvalue weighted by molar-refractivity contribution is -0.121. The monoisotopic (exact) mass is 436 g/mol. The maximum absolute atomic E-state index is 12.5. The molecule has 0 saturated carbocycles. The van der Waals surface area contributed by atoms with Gasteiger partial charge in [0.15, 0.2) is 11.2 Å². The summed E-state index contributed by atoms with van der Waals surface area (Å²) in [5.41, 5.74) is 4.05. The molecule has 0 aliphatic carbocycles. The Labute approximate surface area is 180 Å². The number of carbonyl (C=O) groups is 1. The van der Waals surface area contributed by atoms with Crippen LogP contribution in [0.15, 0.2) is 51.5 Å². The lowest BCUT2D eigenvalue weighted by Gasteiger charge is -2.06. The summed E-state index contributed by atoms with van der Waals surface area (Å²) in [6.07, 6.45) is 4.39. The number of rotatable bonds is 6. The first-order valence-electron chi connectivity index (χ1n) is 9.51. The summed E-state index contributed by atoms with van der Waals surface area (Å²) in [6, 6.07) is 7.41. The largest absolute Gasteiger partial charge is 0.497 e. The third kappa shape index (κ3) is 3.69. The minimum absolute atomic E-state index is 0.158. The van der Waals surface area contributed by atoms with Crippen LogP contribution >= 0.6 is 0 Å². The molecule has 32 heavy (non-hydrogen) atoms. The average molecular weight is 436 g/mol. The van der Waals surface area contributed by atoms with E-state index in [0.29, 0.717) is 5.56 Å². The Kier molecular flexibility index (Phi) is 5.41. The van der Waals surface area contributed by atoms with Crippen LogP contribution in [0.4, 0.5) is 0 Å². The van der Waals surface area contributed by atoms with E-state index in [1.165, 1.54) is 35.8 Å². The number of nitrogens with one attached hydrogen (secondary N) is 2. The molecule has 2 N–H and O–H groups in total. The van der Waals surface area contributed by atoms with Gasteiger partial charge in [-0.05, 0) is 24.3 Å². The number of ether oxygens (including phenoxy) is 1. The Bertz CT molecular complexity index is 1440. The number of aromatic amines is 1. The van der Waals surface area contributed by atoms with Gasteiger partial charge < -0.3 is 9.30 Å². The van der Waals surface area contributed by atoms with Crippen molar-refractivity contribution in [3.05, 3.63) is 63.2 Å². The number of imidazole rings is 1. The Hall–Kier alpha value is -4.48. The molecular formula is C20H20N8O4. The number of aryl methyl sites for hydroxylation is 1. The van der Waals surface area contributed by atoms with E-state index in [9.17, 15) is 14.4 Å². The highest BCUT2D eigenvalue weighted by atomic mass is 16.5. The van der Waals surface area contributed by atoms with E-state index in [2.05, 4.69) is 25.7 Å². The Morgan fingerprint density at radius 1 is 1.22 bits per heavy atom. The normalized spacial score (nSPS) is 11.3. The molecule has 0 aliphatic heterocycles. The van der Waals surface area contributed by atoms with Gasteiger partial charge in [0.05, 0.1) is 31.5 Å². The van der Waals surface area contributed by atoms with Crippen LogP contribution in [0.1, 0.15) is 5.56 Å². The Balaban J connectivity index is 1.49. The first kappa shape index (κ1) is 20.8. The molecule has 0 fully saturated rings. The number of nitrogens with zero attached hydrogens (tertiary/aromatic N) is 6. The molecule has 4 aromatic rings. The number of methoxy groups -OCH3 is 1. The third-order valence-corrected chi connectivity index (χ3v) is 4.97. The van der Waals surface area contributed by atoms with E-state index >= 15 is 0 Å². The van der Waals surface area contributed by atoms with Gasteiger partial charge in [0, 0.05) is 25.2 Å². The van der Waals surface area contributed by atoms with Gasteiger partial charge in [-0.25, -0.2) is 15.2 Å². The van der Waals surface area contributed by atoms with E-state index in [-0.39, 0.29) is 17.7 Å². The molecule has 12 heteroatoms.